The van der Waals surface area contributed by atoms with Gasteiger partial charge in [-0.05, 0) is 0 Å². The van der Waals surface area contributed by atoms with Gasteiger partial charge < -0.3 is 0 Å². The van der Waals surface area contributed by atoms with E-state index in [2.05, 4.69) is 46.4 Å². The van der Waals surface area contributed by atoms with Crippen molar-refractivity contribution in [3.8, 4) is 0 Å². The molecule has 142 valence electrons. The van der Waals surface area contributed by atoms with Crippen molar-refractivity contribution < 1.29 is 4.74 Å². The Morgan fingerprint density at radius 1 is 1.00 bits per heavy atom. The summed E-state index contributed by atoms with van der Waals surface area (Å²) < 4.78 is 11.6. The fourth-order valence-electron chi connectivity index (χ4n) is 4.02. The monoisotopic (exact) mass is 463 g/mol. The summed E-state index contributed by atoms with van der Waals surface area (Å²) >= 11 is 3.48. The summed E-state index contributed by atoms with van der Waals surface area (Å²) in [6.07, 6.45) is 9.69. The van der Waals surface area contributed by atoms with Crippen LogP contribution in [-0.2, 0) is 4.74 Å². The molecule has 0 aromatic heterocycles. The zero-order chi connectivity index (χ0) is 18.2. The summed E-state index contributed by atoms with van der Waals surface area (Å²) in [6.45, 7) is 14.5. The Labute approximate surface area is 161 Å². The molecule has 24 heavy (non-hydrogen) atoms. The van der Waals surface area contributed by atoms with Gasteiger partial charge in [-0.1, -0.05) is 0 Å². The predicted molar refractivity (Wildman–Crippen MR) is 113 cm³/mol. The third-order valence-electron chi connectivity index (χ3n) is 5.44. The van der Waals surface area contributed by atoms with Crippen molar-refractivity contribution in [1.29, 1.82) is 0 Å². The van der Waals surface area contributed by atoms with Gasteiger partial charge in [0.2, 0.25) is 0 Å². The van der Waals surface area contributed by atoms with Gasteiger partial charge in [-0.3, -0.25) is 0 Å². The first-order valence-electron chi connectivity index (χ1n) is 10.3. The Morgan fingerprint density at radius 2 is 1.46 bits per heavy atom. The Kier molecular flexibility index (Phi) is 9.94. The zero-order valence-electron chi connectivity index (χ0n) is 17.1. The third-order valence-corrected chi connectivity index (χ3v) is 23.1. The van der Waals surface area contributed by atoms with Crippen LogP contribution in [0.3, 0.4) is 0 Å². The number of nitrogens with zero attached hydrogens (tertiary/aromatic N) is 1. The molecule has 1 heterocycles. The van der Waals surface area contributed by atoms with E-state index >= 15 is 0 Å². The summed E-state index contributed by atoms with van der Waals surface area (Å²) in [5.74, 6) is 0. The van der Waals surface area contributed by atoms with Crippen LogP contribution in [0.15, 0.2) is 0 Å². The topological polar surface area (TPSA) is 12.5 Å². The molecule has 0 spiro atoms. The molecule has 0 radical (unpaired) electrons. The molecule has 0 amide bonds. The number of rotatable bonds is 10. The molecule has 1 aliphatic heterocycles. The molecule has 0 aromatic carbocycles. The second-order valence-electron chi connectivity index (χ2n) is 8.65. The number of ether oxygens (including phenoxy) is 1. The average molecular weight is 462 g/mol. The van der Waals surface area contributed by atoms with E-state index in [-0.39, 0.29) is 5.60 Å². The first-order valence-corrected chi connectivity index (χ1v) is 18.4. The van der Waals surface area contributed by atoms with Crippen LogP contribution in [0.2, 0.25) is 13.3 Å². The first kappa shape index (κ1) is 22.5. The predicted octanol–water partition coefficient (Wildman–Crippen LogP) is 6.55. The normalized spacial score (nSPS) is 18.4. The zero-order valence-corrected chi connectivity index (χ0v) is 20.8. The Bertz CT molecular complexity index is 359. The Hall–Kier alpha value is 0.489. The molecular weight excluding hydrogens is 421 g/mol. The van der Waals surface area contributed by atoms with Gasteiger partial charge in [0.25, 0.3) is 0 Å². The van der Waals surface area contributed by atoms with Gasteiger partial charge in [-0.15, -0.1) is 0 Å². The molecule has 1 fully saturated rings. The van der Waals surface area contributed by atoms with Crippen molar-refractivity contribution in [2.45, 2.75) is 109 Å². The van der Waals surface area contributed by atoms with E-state index in [0.717, 1.165) is 15.8 Å². The summed E-state index contributed by atoms with van der Waals surface area (Å²) in [4.78, 5) is 2.50. The molecule has 1 atom stereocenters. The molecule has 1 saturated heterocycles. The number of thiocarbonyl (C=S) groups is 1. The van der Waals surface area contributed by atoms with Crippen LogP contribution in [0.1, 0.15) is 86.5 Å². The van der Waals surface area contributed by atoms with Crippen LogP contribution in [0.4, 0.5) is 0 Å². The maximum absolute atomic E-state index is 6.07. The number of hydrogen-bond acceptors (Lipinski definition) is 2. The molecule has 2 nitrogen and oxygen atoms in total. The van der Waals surface area contributed by atoms with E-state index in [1.54, 1.807) is 13.3 Å². The quantitative estimate of drug-likeness (QED) is 0.270. The van der Waals surface area contributed by atoms with Gasteiger partial charge >= 0.3 is 161 Å². The van der Waals surface area contributed by atoms with Crippen LogP contribution >= 0.6 is 12.2 Å². The summed E-state index contributed by atoms with van der Waals surface area (Å²) in [7, 11) is 0. The average Bonchev–Trinajstić information content (AvgIpc) is 2.45. The van der Waals surface area contributed by atoms with E-state index in [4.69, 9.17) is 17.0 Å². The van der Waals surface area contributed by atoms with Crippen LogP contribution < -0.4 is 0 Å². The van der Waals surface area contributed by atoms with Crippen molar-refractivity contribution in [2.24, 2.45) is 0 Å². The standard InChI is InChI=1S/C8H14NOS.3C4H9.Sn/c1-8(2,3)10-7(11)9-5-4-6-9;3*1-3-4-2;/h5H,4,6H2,1-3H3;3*1,3-4H2,2H3;. The van der Waals surface area contributed by atoms with Crippen LogP contribution in [0, 0.1) is 0 Å². The SMILES string of the molecule is CCC[CH2][Sn]([CH2]CCC)([CH2]CCC)[CH]1CCN1C(=S)OC(C)(C)C. The van der Waals surface area contributed by atoms with Crippen molar-refractivity contribution in [2.75, 3.05) is 6.54 Å². The molecule has 0 bridgehead atoms. The maximum atomic E-state index is 6.07. The minimum absolute atomic E-state index is 0.175. The van der Waals surface area contributed by atoms with E-state index in [1.807, 2.05) is 0 Å². The molecule has 4 heteroatoms. The van der Waals surface area contributed by atoms with Crippen molar-refractivity contribution in [1.82, 2.24) is 4.90 Å². The molecule has 0 N–H and O–H groups in total. The van der Waals surface area contributed by atoms with Gasteiger partial charge in [-0.2, -0.15) is 0 Å². The fourth-order valence-corrected chi connectivity index (χ4v) is 23.5. The van der Waals surface area contributed by atoms with Gasteiger partial charge in [0.05, 0.1) is 0 Å². The van der Waals surface area contributed by atoms with Crippen molar-refractivity contribution >= 4 is 35.8 Å². The van der Waals surface area contributed by atoms with Crippen LogP contribution in [0.5, 0.6) is 0 Å². The molecule has 1 rings (SSSR count). The summed E-state index contributed by atoms with van der Waals surface area (Å²) in [5.41, 5.74) is -0.175. The fraction of sp³-hybridized carbons (Fsp3) is 0.950. The first-order chi connectivity index (χ1) is 11.3. The molecule has 1 unspecified atom stereocenters. The Morgan fingerprint density at radius 3 is 1.75 bits per heavy atom. The van der Waals surface area contributed by atoms with Gasteiger partial charge in [0, 0.05) is 0 Å². The van der Waals surface area contributed by atoms with E-state index in [1.165, 1.54) is 44.9 Å². The molecule has 1 aliphatic rings. The molecule has 0 saturated carbocycles. The van der Waals surface area contributed by atoms with E-state index in [9.17, 15) is 0 Å². The van der Waals surface area contributed by atoms with Gasteiger partial charge in [-0.25, -0.2) is 0 Å². The summed E-state index contributed by atoms with van der Waals surface area (Å²) in [6, 6.07) is 0. The van der Waals surface area contributed by atoms with Gasteiger partial charge in [0.15, 0.2) is 0 Å². The minimum atomic E-state index is -2.22. The van der Waals surface area contributed by atoms with E-state index < -0.39 is 18.4 Å². The Balaban J connectivity index is 2.91. The number of unbranched alkanes of at least 4 members (excludes halogenated alkanes) is 3. The van der Waals surface area contributed by atoms with Crippen LogP contribution in [0.25, 0.3) is 0 Å². The van der Waals surface area contributed by atoms with E-state index in [0.29, 0.717) is 0 Å². The van der Waals surface area contributed by atoms with Gasteiger partial charge in [0.1, 0.15) is 0 Å². The second kappa shape index (κ2) is 10.6. The molecule has 0 aliphatic carbocycles. The second-order valence-corrected chi connectivity index (χ2v) is 23.0. The molecular formula is C20H41NOSSn. The third kappa shape index (κ3) is 6.66. The number of hydrogen-bond donors (Lipinski definition) is 0. The van der Waals surface area contributed by atoms with Crippen LogP contribution in [-0.4, -0.2) is 44.7 Å². The molecule has 0 aromatic rings. The number of likely N-dealkylation sites (tertiary alicyclic amines) is 1. The summed E-state index contributed by atoms with van der Waals surface area (Å²) in [5, 5.41) is 0.782. The van der Waals surface area contributed by atoms with Crippen molar-refractivity contribution in [3.05, 3.63) is 0 Å². The van der Waals surface area contributed by atoms with Crippen molar-refractivity contribution in [3.63, 3.8) is 0 Å².